The van der Waals surface area contributed by atoms with E-state index in [9.17, 15) is 18.0 Å². The molecule has 0 spiro atoms. The highest BCUT2D eigenvalue weighted by molar-refractivity contribution is 7.86. The molecule has 2 unspecified atom stereocenters. The van der Waals surface area contributed by atoms with Gasteiger partial charge in [0.15, 0.2) is 6.04 Å². The lowest BCUT2D eigenvalue weighted by molar-refractivity contribution is -0.761. The lowest BCUT2D eigenvalue weighted by atomic mass is 9.86. The van der Waals surface area contributed by atoms with Gasteiger partial charge in [0.25, 0.3) is 5.91 Å². The van der Waals surface area contributed by atoms with E-state index in [4.69, 9.17) is 11.5 Å². The van der Waals surface area contributed by atoms with Gasteiger partial charge >= 0.3 is 15.9 Å². The number of carbonyl (C=O) groups excluding carboxylic acids is 2. The predicted octanol–water partition coefficient (Wildman–Crippen LogP) is 3.95. The topological polar surface area (TPSA) is 149 Å². The molecule has 1 saturated heterocycles. The number of hydrogen-bond acceptors (Lipinski definition) is 8. The predicted molar refractivity (Wildman–Crippen MR) is 155 cm³/mol. The van der Waals surface area contributed by atoms with Crippen molar-refractivity contribution in [1.29, 1.82) is 0 Å². The molecule has 0 saturated carbocycles. The van der Waals surface area contributed by atoms with E-state index in [0.717, 1.165) is 6.42 Å². The zero-order chi connectivity index (χ0) is 29.7. The minimum atomic E-state index is -4.48. The van der Waals surface area contributed by atoms with Crippen LogP contribution in [0.2, 0.25) is 0 Å². The van der Waals surface area contributed by atoms with Crippen LogP contribution in [0, 0.1) is 11.3 Å². The summed E-state index contributed by atoms with van der Waals surface area (Å²) >= 11 is 0. The van der Waals surface area contributed by atoms with Gasteiger partial charge in [0, 0.05) is 30.3 Å². The van der Waals surface area contributed by atoms with Crippen molar-refractivity contribution in [2.45, 2.75) is 77.4 Å². The first-order valence-electron chi connectivity index (χ1n) is 13.7. The third-order valence-corrected chi connectivity index (χ3v) is 10.7. The molecule has 40 heavy (non-hydrogen) atoms. The maximum atomic E-state index is 14.7. The van der Waals surface area contributed by atoms with Gasteiger partial charge in [0.05, 0.1) is 11.0 Å². The lowest BCUT2D eigenvalue weighted by Crippen LogP contribution is -2.63. The summed E-state index contributed by atoms with van der Waals surface area (Å²) in [6.07, 6.45) is 6.76. The molecular formula is C29H41N6O4S+. The van der Waals surface area contributed by atoms with E-state index in [1.807, 2.05) is 13.0 Å². The average molecular weight is 570 g/mol. The zero-order valence-electron chi connectivity index (χ0n) is 24.2. The summed E-state index contributed by atoms with van der Waals surface area (Å²) in [6.45, 7) is 12.3. The van der Waals surface area contributed by atoms with Gasteiger partial charge < -0.3 is 16.4 Å². The highest BCUT2D eigenvalue weighted by Gasteiger charge is 2.61. The summed E-state index contributed by atoms with van der Waals surface area (Å²) < 4.78 is 28.4. The molecular weight excluding hydrogens is 528 g/mol. The van der Waals surface area contributed by atoms with E-state index >= 15 is 0 Å². The second-order valence-electron chi connectivity index (χ2n) is 12.3. The third kappa shape index (κ3) is 4.68. The molecule has 1 fully saturated rings. The second kappa shape index (κ2) is 10.3. The molecule has 2 amide bonds. The smallest absolute Gasteiger partial charge is 0.352 e. The third-order valence-electron chi connectivity index (χ3n) is 8.50. The first-order chi connectivity index (χ1) is 18.6. The van der Waals surface area contributed by atoms with Crippen molar-refractivity contribution in [3.05, 3.63) is 53.7 Å². The van der Waals surface area contributed by atoms with Crippen LogP contribution in [0.3, 0.4) is 0 Å². The van der Waals surface area contributed by atoms with Gasteiger partial charge in [0.2, 0.25) is 5.03 Å². The molecule has 2 aromatic heterocycles. The van der Waals surface area contributed by atoms with Crippen molar-refractivity contribution in [2.75, 3.05) is 23.7 Å². The Labute approximate surface area is 237 Å². The summed E-state index contributed by atoms with van der Waals surface area (Å²) in [4.78, 5) is 38.6. The number of aromatic nitrogens is 2. The summed E-state index contributed by atoms with van der Waals surface area (Å²) in [7, 11) is -4.48. The molecule has 0 aliphatic carbocycles. The summed E-state index contributed by atoms with van der Waals surface area (Å²) in [5, 5.41) is -0.294. The highest BCUT2D eigenvalue weighted by Crippen LogP contribution is 2.47. The molecule has 4 rings (SSSR count). The fraction of sp³-hybridized carbons (Fsp3) is 0.517. The van der Waals surface area contributed by atoms with Crippen LogP contribution in [0.15, 0.2) is 47.6 Å². The summed E-state index contributed by atoms with van der Waals surface area (Å²) in [5.41, 5.74) is 11.1. The van der Waals surface area contributed by atoms with Gasteiger partial charge in [-0.3, -0.25) is 4.79 Å². The van der Waals surface area contributed by atoms with Crippen LogP contribution in [0.4, 0.5) is 11.6 Å². The van der Waals surface area contributed by atoms with Crippen molar-refractivity contribution >= 4 is 33.5 Å². The number of quaternary nitrogens is 1. The van der Waals surface area contributed by atoms with Crippen molar-refractivity contribution in [1.82, 2.24) is 9.97 Å². The monoisotopic (exact) mass is 569 g/mol. The van der Waals surface area contributed by atoms with E-state index < -0.39 is 37.2 Å². The Balaban J connectivity index is 2.06. The van der Waals surface area contributed by atoms with Crippen LogP contribution in [-0.4, -0.2) is 52.7 Å². The number of sulfonamides is 1. The molecule has 2 aliphatic rings. The largest absolute Gasteiger partial charge is 0.384 e. The van der Waals surface area contributed by atoms with Gasteiger partial charge in [-0.1, -0.05) is 26.0 Å². The number of nitrogens with two attached hydrogens (primary N) is 2. The SMILES string of the molecule is CCC(C)(C)C(=O)[N+]1(S(=O)(=O)c2cccc(N)n2)CCC=CC1c1ccnc(N2C[C@@H](C)CC2(C)C)c1C(N)=O. The van der Waals surface area contributed by atoms with E-state index in [1.54, 1.807) is 32.2 Å². The molecule has 2 aromatic rings. The number of amides is 2. The lowest BCUT2D eigenvalue weighted by Gasteiger charge is -2.44. The Bertz CT molecular complexity index is 1470. The molecule has 2 aliphatic heterocycles. The van der Waals surface area contributed by atoms with E-state index in [1.165, 1.54) is 18.2 Å². The molecule has 11 heteroatoms. The number of rotatable bonds is 7. The molecule has 216 valence electrons. The second-order valence-corrected chi connectivity index (χ2v) is 14.3. The van der Waals surface area contributed by atoms with Crippen molar-refractivity contribution < 1.29 is 21.9 Å². The van der Waals surface area contributed by atoms with Crippen LogP contribution in [0.1, 0.15) is 82.8 Å². The zero-order valence-corrected chi connectivity index (χ0v) is 25.0. The van der Waals surface area contributed by atoms with Crippen LogP contribution in [-0.2, 0) is 14.8 Å². The van der Waals surface area contributed by atoms with E-state index in [-0.39, 0.29) is 28.5 Å². The first kappa shape index (κ1) is 29.7. The van der Waals surface area contributed by atoms with Gasteiger partial charge in [0.1, 0.15) is 18.2 Å². The molecule has 10 nitrogen and oxygen atoms in total. The number of nitrogens with zero attached hydrogens (tertiary/aromatic N) is 4. The Morgan fingerprint density at radius 1 is 1.23 bits per heavy atom. The molecule has 3 atom stereocenters. The number of nitrogen functional groups attached to an aromatic ring is 1. The number of carbonyl (C=O) groups is 2. The summed E-state index contributed by atoms with van der Waals surface area (Å²) in [6, 6.07) is 4.90. The minimum Gasteiger partial charge on any atom is -0.384 e. The van der Waals surface area contributed by atoms with E-state index in [0.29, 0.717) is 36.7 Å². The molecule has 0 aromatic carbocycles. The molecule has 0 radical (unpaired) electrons. The van der Waals surface area contributed by atoms with Crippen LogP contribution in [0.5, 0.6) is 0 Å². The number of pyridine rings is 2. The van der Waals surface area contributed by atoms with Gasteiger partial charge in [-0.25, -0.2) is 14.8 Å². The average Bonchev–Trinajstić information content (AvgIpc) is 3.18. The Kier molecular flexibility index (Phi) is 7.61. The van der Waals surface area contributed by atoms with Crippen molar-refractivity contribution in [2.24, 2.45) is 17.1 Å². The van der Waals surface area contributed by atoms with Crippen LogP contribution >= 0.6 is 0 Å². The van der Waals surface area contributed by atoms with Crippen molar-refractivity contribution in [3.63, 3.8) is 0 Å². The fourth-order valence-corrected chi connectivity index (χ4v) is 8.34. The Morgan fingerprint density at radius 3 is 2.50 bits per heavy atom. The first-order valence-corrected chi connectivity index (χ1v) is 15.2. The molecule has 0 bridgehead atoms. The van der Waals surface area contributed by atoms with Gasteiger partial charge in [-0.15, -0.1) is 3.89 Å². The normalized spacial score (nSPS) is 24.7. The Hall–Kier alpha value is -3.31. The minimum absolute atomic E-state index is 0.0277. The molecule has 4 N–H and O–H groups in total. The molecule has 4 heterocycles. The van der Waals surface area contributed by atoms with E-state index in [2.05, 4.69) is 35.6 Å². The maximum absolute atomic E-state index is 14.7. The van der Waals surface area contributed by atoms with Gasteiger partial charge in [-0.2, -0.15) is 8.42 Å². The highest BCUT2D eigenvalue weighted by atomic mass is 32.2. The number of anilines is 2. The maximum Gasteiger partial charge on any atom is 0.352 e. The van der Waals surface area contributed by atoms with Gasteiger partial charge in [-0.05, 0) is 70.7 Å². The standard InChI is InChI=1S/C29H40N6O4S/c1-7-28(3,4)27(37)35(40(38,39)23-13-10-12-22(30)33-23)16-9-8-11-21(35)20-14-15-32-26(24(20)25(31)36)34-18-19(2)17-29(34,5)6/h8,10-15,19,21H,7,9,16-18H2,1-6H3,(H3-,30,31,33,36)/p+1/t19-,21?,35?/m0/s1. The summed E-state index contributed by atoms with van der Waals surface area (Å²) in [5.74, 6) is -0.435. The number of primary amides is 1. The van der Waals surface area contributed by atoms with Crippen LogP contribution in [0.25, 0.3) is 0 Å². The number of hydrogen-bond donors (Lipinski definition) is 2. The quantitative estimate of drug-likeness (QED) is 0.376. The Morgan fingerprint density at radius 2 is 1.93 bits per heavy atom. The van der Waals surface area contributed by atoms with Crippen molar-refractivity contribution in [3.8, 4) is 0 Å². The van der Waals surface area contributed by atoms with Crippen LogP contribution < -0.4 is 16.4 Å². The fourth-order valence-electron chi connectivity index (χ4n) is 6.24.